The van der Waals surface area contributed by atoms with Crippen LogP contribution in [0.5, 0.6) is 5.75 Å². The second kappa shape index (κ2) is 6.47. The third-order valence-electron chi connectivity index (χ3n) is 3.94. The minimum absolute atomic E-state index is 0.252. The highest BCUT2D eigenvalue weighted by atomic mass is 16.5. The largest absolute Gasteiger partial charge is 0.495 e. The SMILES string of the molecule is CCc1ccc(OC)c(NC2CCC(C#N)CC2)c1. The fraction of sp³-hybridized carbons (Fsp3) is 0.562. The van der Waals surface area contributed by atoms with Crippen LogP contribution >= 0.6 is 0 Å². The second-order valence-electron chi connectivity index (χ2n) is 5.21. The molecule has 0 unspecified atom stereocenters. The highest BCUT2D eigenvalue weighted by molar-refractivity contribution is 5.58. The Balaban J connectivity index is 2.04. The first-order valence-electron chi connectivity index (χ1n) is 7.10. The van der Waals surface area contributed by atoms with Crippen molar-refractivity contribution in [2.75, 3.05) is 12.4 Å². The monoisotopic (exact) mass is 258 g/mol. The van der Waals surface area contributed by atoms with E-state index in [0.717, 1.165) is 43.5 Å². The number of hydrogen-bond acceptors (Lipinski definition) is 3. The van der Waals surface area contributed by atoms with Gasteiger partial charge in [-0.05, 0) is 49.8 Å². The molecule has 1 aromatic rings. The van der Waals surface area contributed by atoms with Crippen LogP contribution in [-0.2, 0) is 6.42 Å². The van der Waals surface area contributed by atoms with E-state index in [2.05, 4.69) is 30.4 Å². The van der Waals surface area contributed by atoms with Crippen molar-refractivity contribution in [3.05, 3.63) is 23.8 Å². The summed E-state index contributed by atoms with van der Waals surface area (Å²) in [5.74, 6) is 1.15. The van der Waals surface area contributed by atoms with Gasteiger partial charge in [-0.1, -0.05) is 13.0 Å². The third kappa shape index (κ3) is 3.41. The van der Waals surface area contributed by atoms with E-state index in [1.165, 1.54) is 5.56 Å². The Kier molecular flexibility index (Phi) is 4.68. The van der Waals surface area contributed by atoms with Gasteiger partial charge in [0.25, 0.3) is 0 Å². The number of nitriles is 1. The van der Waals surface area contributed by atoms with Gasteiger partial charge in [0.05, 0.1) is 18.9 Å². The molecule has 0 saturated heterocycles. The molecule has 3 nitrogen and oxygen atoms in total. The maximum absolute atomic E-state index is 8.93. The van der Waals surface area contributed by atoms with E-state index in [9.17, 15) is 0 Å². The zero-order valence-electron chi connectivity index (χ0n) is 11.8. The van der Waals surface area contributed by atoms with Crippen molar-refractivity contribution < 1.29 is 4.74 Å². The van der Waals surface area contributed by atoms with Gasteiger partial charge in [-0.25, -0.2) is 0 Å². The lowest BCUT2D eigenvalue weighted by atomic mass is 9.87. The summed E-state index contributed by atoms with van der Waals surface area (Å²) < 4.78 is 5.41. The van der Waals surface area contributed by atoms with Crippen LogP contribution < -0.4 is 10.1 Å². The van der Waals surface area contributed by atoms with Crippen LogP contribution in [0.25, 0.3) is 0 Å². The van der Waals surface area contributed by atoms with Crippen LogP contribution in [-0.4, -0.2) is 13.2 Å². The molecular weight excluding hydrogens is 236 g/mol. The Bertz CT molecular complexity index is 456. The fourth-order valence-electron chi connectivity index (χ4n) is 2.67. The summed E-state index contributed by atoms with van der Waals surface area (Å²) in [7, 11) is 1.71. The lowest BCUT2D eigenvalue weighted by Crippen LogP contribution is -2.25. The number of ether oxygens (including phenoxy) is 1. The molecule has 1 aliphatic rings. The van der Waals surface area contributed by atoms with E-state index in [1.807, 2.05) is 6.07 Å². The first-order chi connectivity index (χ1) is 9.26. The minimum atomic E-state index is 0.252. The highest BCUT2D eigenvalue weighted by Crippen LogP contribution is 2.31. The Morgan fingerprint density at radius 1 is 1.32 bits per heavy atom. The van der Waals surface area contributed by atoms with E-state index in [1.54, 1.807) is 7.11 Å². The standard InChI is InChI=1S/C16H22N2O/c1-3-12-6-9-16(19-2)15(10-12)18-14-7-4-13(11-17)5-8-14/h6,9-10,13-14,18H,3-5,7-8H2,1-2H3. The van der Waals surface area contributed by atoms with E-state index < -0.39 is 0 Å². The molecule has 0 aromatic heterocycles. The average molecular weight is 258 g/mol. The van der Waals surface area contributed by atoms with Crippen LogP contribution in [0.4, 0.5) is 5.69 Å². The summed E-state index contributed by atoms with van der Waals surface area (Å²) >= 11 is 0. The van der Waals surface area contributed by atoms with Gasteiger partial charge in [0.15, 0.2) is 0 Å². The molecule has 1 N–H and O–H groups in total. The molecule has 2 rings (SSSR count). The summed E-state index contributed by atoms with van der Waals surface area (Å²) in [4.78, 5) is 0. The van der Waals surface area contributed by atoms with Crippen LogP contribution in [0.3, 0.4) is 0 Å². The molecule has 0 heterocycles. The molecule has 0 aliphatic heterocycles. The van der Waals surface area contributed by atoms with Crippen molar-refractivity contribution in [3.63, 3.8) is 0 Å². The van der Waals surface area contributed by atoms with E-state index in [-0.39, 0.29) is 5.92 Å². The summed E-state index contributed by atoms with van der Waals surface area (Å²) in [5.41, 5.74) is 2.40. The highest BCUT2D eigenvalue weighted by Gasteiger charge is 2.21. The van der Waals surface area contributed by atoms with E-state index in [0.29, 0.717) is 6.04 Å². The predicted octanol–water partition coefficient (Wildman–Crippen LogP) is 3.75. The first-order valence-corrected chi connectivity index (χ1v) is 7.10. The molecule has 19 heavy (non-hydrogen) atoms. The Morgan fingerprint density at radius 3 is 2.63 bits per heavy atom. The molecule has 0 radical (unpaired) electrons. The molecule has 3 heteroatoms. The molecule has 102 valence electrons. The van der Waals surface area contributed by atoms with Crippen molar-refractivity contribution >= 4 is 5.69 Å². The van der Waals surface area contributed by atoms with Gasteiger partial charge in [0.1, 0.15) is 5.75 Å². The van der Waals surface area contributed by atoms with Gasteiger partial charge in [-0.15, -0.1) is 0 Å². The molecule has 1 saturated carbocycles. The van der Waals surface area contributed by atoms with E-state index in [4.69, 9.17) is 10.00 Å². The zero-order chi connectivity index (χ0) is 13.7. The average Bonchev–Trinajstić information content (AvgIpc) is 2.48. The molecule has 0 bridgehead atoms. The van der Waals surface area contributed by atoms with Crippen LogP contribution in [0, 0.1) is 17.2 Å². The summed E-state index contributed by atoms with van der Waals surface area (Å²) in [6.45, 7) is 2.16. The minimum Gasteiger partial charge on any atom is -0.495 e. The number of methoxy groups -OCH3 is 1. The fourth-order valence-corrected chi connectivity index (χ4v) is 2.67. The van der Waals surface area contributed by atoms with Crippen molar-refractivity contribution in [1.29, 1.82) is 5.26 Å². The number of benzene rings is 1. The molecule has 1 aromatic carbocycles. The number of anilines is 1. The lowest BCUT2D eigenvalue weighted by molar-refractivity contribution is 0.392. The summed E-state index contributed by atoms with van der Waals surface area (Å²) in [6.07, 6.45) is 5.17. The quantitative estimate of drug-likeness (QED) is 0.894. The van der Waals surface area contributed by atoms with Gasteiger partial charge in [-0.3, -0.25) is 0 Å². The van der Waals surface area contributed by atoms with Crippen molar-refractivity contribution in [2.24, 2.45) is 5.92 Å². The smallest absolute Gasteiger partial charge is 0.141 e. The van der Waals surface area contributed by atoms with Gasteiger partial charge < -0.3 is 10.1 Å². The summed E-state index contributed by atoms with van der Waals surface area (Å²) in [5, 5.41) is 12.5. The topological polar surface area (TPSA) is 45.0 Å². The number of hydrogen-bond donors (Lipinski definition) is 1. The summed E-state index contributed by atoms with van der Waals surface area (Å²) in [6, 6.07) is 9.15. The lowest BCUT2D eigenvalue weighted by Gasteiger charge is -2.27. The first kappa shape index (κ1) is 13.7. The Labute approximate surface area is 115 Å². The number of rotatable bonds is 4. The molecule has 1 fully saturated rings. The molecule has 0 amide bonds. The predicted molar refractivity (Wildman–Crippen MR) is 77.4 cm³/mol. The van der Waals surface area contributed by atoms with Gasteiger partial charge in [-0.2, -0.15) is 5.26 Å². The maximum Gasteiger partial charge on any atom is 0.141 e. The van der Waals surface area contributed by atoms with Gasteiger partial charge in [0, 0.05) is 12.0 Å². The normalized spacial score (nSPS) is 22.6. The number of nitrogens with zero attached hydrogens (tertiary/aromatic N) is 1. The van der Waals surface area contributed by atoms with E-state index >= 15 is 0 Å². The Hall–Kier alpha value is -1.69. The Morgan fingerprint density at radius 2 is 2.05 bits per heavy atom. The van der Waals surface area contributed by atoms with Crippen LogP contribution in [0.1, 0.15) is 38.2 Å². The van der Waals surface area contributed by atoms with Crippen LogP contribution in [0.15, 0.2) is 18.2 Å². The molecule has 0 spiro atoms. The molecular formula is C16H22N2O. The van der Waals surface area contributed by atoms with Crippen molar-refractivity contribution in [3.8, 4) is 11.8 Å². The maximum atomic E-state index is 8.93. The van der Waals surface area contributed by atoms with Gasteiger partial charge >= 0.3 is 0 Å². The molecule has 1 aliphatic carbocycles. The number of nitrogens with one attached hydrogen (secondary N) is 1. The van der Waals surface area contributed by atoms with Crippen LogP contribution in [0.2, 0.25) is 0 Å². The van der Waals surface area contributed by atoms with Crippen molar-refractivity contribution in [1.82, 2.24) is 0 Å². The van der Waals surface area contributed by atoms with Gasteiger partial charge in [0.2, 0.25) is 0 Å². The third-order valence-corrected chi connectivity index (χ3v) is 3.94. The second-order valence-corrected chi connectivity index (χ2v) is 5.21. The zero-order valence-corrected chi connectivity index (χ0v) is 11.8. The number of aryl methyl sites for hydroxylation is 1. The van der Waals surface area contributed by atoms with Crippen molar-refractivity contribution in [2.45, 2.75) is 45.1 Å². The molecule has 0 atom stereocenters.